The SMILES string of the molecule is CC(=O)OCC(=O)c1c(N)cccc1CN1C(=O)c2ccccc2C1=O. The number of ketones is 1. The Labute approximate surface area is 149 Å². The van der Waals surface area contributed by atoms with Gasteiger partial charge in [-0.3, -0.25) is 24.1 Å². The molecule has 7 heteroatoms. The second kappa shape index (κ2) is 6.79. The van der Waals surface area contributed by atoms with E-state index in [1.54, 1.807) is 36.4 Å². The fourth-order valence-corrected chi connectivity index (χ4v) is 2.88. The third-order valence-corrected chi connectivity index (χ3v) is 4.07. The van der Waals surface area contributed by atoms with Gasteiger partial charge in [-0.15, -0.1) is 0 Å². The first kappa shape index (κ1) is 17.3. The van der Waals surface area contributed by atoms with Crippen molar-refractivity contribution in [2.24, 2.45) is 0 Å². The van der Waals surface area contributed by atoms with E-state index in [0.29, 0.717) is 16.7 Å². The molecule has 1 aliphatic heterocycles. The van der Waals surface area contributed by atoms with Gasteiger partial charge in [-0.2, -0.15) is 0 Å². The summed E-state index contributed by atoms with van der Waals surface area (Å²) in [6, 6.07) is 11.3. The number of rotatable bonds is 5. The van der Waals surface area contributed by atoms with Crippen LogP contribution in [0.5, 0.6) is 0 Å². The van der Waals surface area contributed by atoms with Crippen LogP contribution in [-0.4, -0.2) is 35.1 Å². The summed E-state index contributed by atoms with van der Waals surface area (Å²) in [6.07, 6.45) is 0. The van der Waals surface area contributed by atoms with Gasteiger partial charge in [0.2, 0.25) is 5.78 Å². The topological polar surface area (TPSA) is 107 Å². The maximum absolute atomic E-state index is 12.5. The number of nitrogens with zero attached hydrogens (tertiary/aromatic N) is 1. The summed E-state index contributed by atoms with van der Waals surface area (Å²) in [5.74, 6) is -1.93. The van der Waals surface area contributed by atoms with Crippen LogP contribution in [0.3, 0.4) is 0 Å². The Balaban J connectivity index is 1.91. The molecule has 7 nitrogen and oxygen atoms in total. The van der Waals surface area contributed by atoms with E-state index < -0.39 is 30.2 Å². The summed E-state index contributed by atoms with van der Waals surface area (Å²) in [4.78, 5) is 49.4. The highest BCUT2D eigenvalue weighted by Crippen LogP contribution is 2.26. The van der Waals surface area contributed by atoms with Gasteiger partial charge in [-0.05, 0) is 23.8 Å². The highest BCUT2D eigenvalue weighted by atomic mass is 16.5. The van der Waals surface area contributed by atoms with Crippen LogP contribution in [-0.2, 0) is 16.1 Å². The van der Waals surface area contributed by atoms with Crippen LogP contribution in [0, 0.1) is 0 Å². The molecule has 0 fully saturated rings. The molecular weight excluding hydrogens is 336 g/mol. The third-order valence-electron chi connectivity index (χ3n) is 4.07. The highest BCUT2D eigenvalue weighted by Gasteiger charge is 2.35. The molecule has 2 aromatic carbocycles. The zero-order valence-electron chi connectivity index (χ0n) is 14.0. The van der Waals surface area contributed by atoms with Crippen LogP contribution in [0.1, 0.15) is 43.6 Å². The van der Waals surface area contributed by atoms with Crippen LogP contribution in [0.2, 0.25) is 0 Å². The number of benzene rings is 2. The van der Waals surface area contributed by atoms with Crippen LogP contribution >= 0.6 is 0 Å². The number of nitrogens with two attached hydrogens (primary N) is 1. The van der Waals surface area contributed by atoms with Gasteiger partial charge in [-0.25, -0.2) is 0 Å². The van der Waals surface area contributed by atoms with Crippen molar-refractivity contribution < 1.29 is 23.9 Å². The normalized spacial score (nSPS) is 12.9. The molecule has 0 aliphatic carbocycles. The molecule has 0 saturated heterocycles. The van der Waals surface area contributed by atoms with E-state index in [0.717, 1.165) is 4.90 Å². The van der Waals surface area contributed by atoms with Crippen molar-refractivity contribution in [1.29, 1.82) is 0 Å². The number of fused-ring (bicyclic) bond motifs is 1. The molecule has 1 heterocycles. The van der Waals surface area contributed by atoms with E-state index in [9.17, 15) is 19.2 Å². The van der Waals surface area contributed by atoms with Gasteiger partial charge >= 0.3 is 5.97 Å². The number of hydrogen-bond donors (Lipinski definition) is 1. The molecule has 2 aromatic rings. The Hall–Kier alpha value is -3.48. The molecule has 0 atom stereocenters. The molecule has 0 bridgehead atoms. The van der Waals surface area contributed by atoms with E-state index in [4.69, 9.17) is 10.5 Å². The molecule has 26 heavy (non-hydrogen) atoms. The highest BCUT2D eigenvalue weighted by molar-refractivity contribution is 6.21. The molecule has 0 saturated carbocycles. The summed E-state index contributed by atoms with van der Waals surface area (Å²) in [5.41, 5.74) is 7.31. The Morgan fingerprint density at radius 2 is 1.62 bits per heavy atom. The first-order valence-corrected chi connectivity index (χ1v) is 7.89. The standard InChI is InChI=1S/C19H16N2O5/c1-11(22)26-10-16(23)17-12(5-4-8-15(17)20)9-21-18(24)13-6-2-3-7-14(13)19(21)25/h2-8H,9-10,20H2,1H3. The lowest BCUT2D eigenvalue weighted by Crippen LogP contribution is -2.30. The van der Waals surface area contributed by atoms with Crippen molar-refractivity contribution in [3.63, 3.8) is 0 Å². The van der Waals surface area contributed by atoms with Crippen molar-refractivity contribution >= 4 is 29.3 Å². The number of imide groups is 1. The minimum absolute atomic E-state index is 0.0987. The number of hydrogen-bond acceptors (Lipinski definition) is 6. The molecule has 1 aliphatic rings. The molecule has 0 spiro atoms. The van der Waals surface area contributed by atoms with Crippen LogP contribution in [0.15, 0.2) is 42.5 Å². The van der Waals surface area contributed by atoms with Crippen molar-refractivity contribution in [2.45, 2.75) is 13.5 Å². The summed E-state index contributed by atoms with van der Waals surface area (Å²) >= 11 is 0. The summed E-state index contributed by atoms with van der Waals surface area (Å²) in [7, 11) is 0. The number of ether oxygens (including phenoxy) is 1. The van der Waals surface area contributed by atoms with Gasteiger partial charge < -0.3 is 10.5 Å². The molecule has 2 N–H and O–H groups in total. The maximum Gasteiger partial charge on any atom is 0.303 e. The molecule has 0 radical (unpaired) electrons. The number of carbonyl (C=O) groups is 4. The van der Waals surface area contributed by atoms with Gasteiger partial charge in [0.15, 0.2) is 6.61 Å². The van der Waals surface area contributed by atoms with Crippen molar-refractivity contribution in [2.75, 3.05) is 12.3 Å². The Kier molecular flexibility index (Phi) is 4.53. The minimum Gasteiger partial charge on any atom is -0.457 e. The second-order valence-electron chi connectivity index (χ2n) is 5.83. The lowest BCUT2D eigenvalue weighted by molar-refractivity contribution is -0.139. The molecular formula is C19H16N2O5. The minimum atomic E-state index is -0.588. The number of anilines is 1. The quantitative estimate of drug-likeness (QED) is 0.381. The van der Waals surface area contributed by atoms with Gasteiger partial charge in [0.05, 0.1) is 17.7 Å². The zero-order valence-corrected chi connectivity index (χ0v) is 14.0. The average molecular weight is 352 g/mol. The van der Waals surface area contributed by atoms with Gasteiger partial charge in [0, 0.05) is 18.2 Å². The molecule has 0 unspecified atom stereocenters. The summed E-state index contributed by atoms with van der Waals surface area (Å²) in [6.45, 7) is 0.637. The van der Waals surface area contributed by atoms with E-state index in [-0.39, 0.29) is 17.8 Å². The lowest BCUT2D eigenvalue weighted by Gasteiger charge is -2.17. The molecule has 0 aromatic heterocycles. The Morgan fingerprint density at radius 1 is 1.00 bits per heavy atom. The largest absolute Gasteiger partial charge is 0.457 e. The predicted octanol–water partition coefficient (Wildman–Crippen LogP) is 1.81. The molecule has 3 rings (SSSR count). The van der Waals surface area contributed by atoms with Gasteiger partial charge in [-0.1, -0.05) is 24.3 Å². The summed E-state index contributed by atoms with van der Waals surface area (Å²) < 4.78 is 4.74. The fraction of sp³-hybridized carbons (Fsp3) is 0.158. The fourth-order valence-electron chi connectivity index (χ4n) is 2.88. The van der Waals surface area contributed by atoms with Crippen LogP contribution in [0.4, 0.5) is 5.69 Å². The van der Waals surface area contributed by atoms with Gasteiger partial charge in [0.1, 0.15) is 0 Å². The number of esters is 1. The molecule has 132 valence electrons. The van der Waals surface area contributed by atoms with Crippen LogP contribution < -0.4 is 5.73 Å². The van der Waals surface area contributed by atoms with Crippen LogP contribution in [0.25, 0.3) is 0 Å². The Bertz CT molecular complexity index is 900. The monoisotopic (exact) mass is 352 g/mol. The van der Waals surface area contributed by atoms with E-state index >= 15 is 0 Å². The Morgan fingerprint density at radius 3 is 2.19 bits per heavy atom. The summed E-state index contributed by atoms with van der Waals surface area (Å²) in [5, 5.41) is 0. The van der Waals surface area contributed by atoms with E-state index in [2.05, 4.69) is 0 Å². The first-order valence-electron chi connectivity index (χ1n) is 7.89. The van der Waals surface area contributed by atoms with Crippen molar-refractivity contribution in [3.05, 3.63) is 64.7 Å². The van der Waals surface area contributed by atoms with Crippen molar-refractivity contribution in [1.82, 2.24) is 4.90 Å². The number of amides is 2. The average Bonchev–Trinajstić information content (AvgIpc) is 2.85. The van der Waals surface area contributed by atoms with Crippen molar-refractivity contribution in [3.8, 4) is 0 Å². The third kappa shape index (κ3) is 3.06. The molecule has 2 amide bonds. The predicted molar refractivity (Wildman–Crippen MR) is 92.5 cm³/mol. The smallest absolute Gasteiger partial charge is 0.303 e. The maximum atomic E-state index is 12.5. The number of Topliss-reactive ketones (excluding diaryl/α,β-unsaturated/α-hetero) is 1. The van der Waals surface area contributed by atoms with Gasteiger partial charge in [0.25, 0.3) is 11.8 Å². The van der Waals surface area contributed by atoms with E-state index in [1.165, 1.54) is 13.0 Å². The first-order chi connectivity index (χ1) is 12.4. The van der Waals surface area contributed by atoms with E-state index in [1.807, 2.05) is 0 Å². The zero-order chi connectivity index (χ0) is 18.8. The lowest BCUT2D eigenvalue weighted by atomic mass is 10.0. The number of carbonyl (C=O) groups excluding carboxylic acids is 4. The number of nitrogen functional groups attached to an aromatic ring is 1. The second-order valence-corrected chi connectivity index (χ2v) is 5.83.